The number of urea groups is 1. The van der Waals surface area contributed by atoms with Crippen molar-refractivity contribution in [2.24, 2.45) is 0 Å². The van der Waals surface area contributed by atoms with Gasteiger partial charge in [0, 0.05) is 0 Å². The molecule has 1 fully saturated rings. The van der Waals surface area contributed by atoms with Crippen molar-refractivity contribution in [3.05, 3.63) is 54.1 Å². The molecule has 1 aromatic heterocycles. The molecule has 0 bridgehead atoms. The van der Waals surface area contributed by atoms with Crippen molar-refractivity contribution in [3.63, 3.8) is 0 Å². The molecule has 30 heavy (non-hydrogen) atoms. The topological polar surface area (TPSA) is 101 Å². The number of carbonyl (C=O) groups excluding carboxylic acids is 3. The molecule has 9 heteroatoms. The lowest BCUT2D eigenvalue weighted by Crippen LogP contribution is -2.42. The Balaban J connectivity index is 1.47. The number of rotatable bonds is 6. The number of benzene rings is 2. The fourth-order valence-electron chi connectivity index (χ4n) is 3.32. The monoisotopic (exact) mass is 424 g/mol. The van der Waals surface area contributed by atoms with Gasteiger partial charge in [-0.3, -0.25) is 14.5 Å². The fourth-order valence-corrected chi connectivity index (χ4v) is 4.24. The third-order valence-corrected chi connectivity index (χ3v) is 5.78. The number of imide groups is 1. The first-order valence-electron chi connectivity index (χ1n) is 9.43. The Morgan fingerprint density at radius 1 is 1.23 bits per heavy atom. The Kier molecular flexibility index (Phi) is 5.13. The van der Waals surface area contributed by atoms with E-state index in [-0.39, 0.29) is 0 Å². The van der Waals surface area contributed by atoms with Crippen molar-refractivity contribution in [2.75, 3.05) is 18.5 Å². The number of hydrogen-bond acceptors (Lipinski definition) is 6. The predicted octanol–water partition coefficient (Wildman–Crippen LogP) is 3.10. The van der Waals surface area contributed by atoms with Gasteiger partial charge in [-0.05, 0) is 37.6 Å². The number of nitrogens with one attached hydrogen (secondary N) is 2. The van der Waals surface area contributed by atoms with Crippen LogP contribution in [-0.4, -0.2) is 40.9 Å². The summed E-state index contributed by atoms with van der Waals surface area (Å²) >= 11 is 1.29. The van der Waals surface area contributed by atoms with E-state index in [2.05, 4.69) is 15.6 Å². The smallest absolute Gasteiger partial charge is 0.325 e. The molecule has 2 heterocycles. The molecule has 1 aliphatic heterocycles. The standard InChI is InChI=1S/C21H20N4O4S/c1-3-29-14-9-10-15-16(11-14)30-19(22-15)23-17(26)12-25-18(27)21(2,24-20(25)28)13-7-5-4-6-8-13/h4-11H,3,12H2,1-2H3,(H,24,28)(H,22,23,26). The van der Waals surface area contributed by atoms with Crippen LogP contribution in [-0.2, 0) is 15.1 Å². The van der Waals surface area contributed by atoms with Crippen LogP contribution in [0.2, 0.25) is 0 Å². The predicted molar refractivity (Wildman–Crippen MR) is 113 cm³/mol. The Labute approximate surface area is 176 Å². The molecular formula is C21H20N4O4S. The summed E-state index contributed by atoms with van der Waals surface area (Å²) in [5.41, 5.74) is 0.178. The summed E-state index contributed by atoms with van der Waals surface area (Å²) in [7, 11) is 0. The largest absolute Gasteiger partial charge is 0.494 e. The summed E-state index contributed by atoms with van der Waals surface area (Å²) in [6, 6.07) is 13.8. The molecule has 2 N–H and O–H groups in total. The molecule has 4 rings (SSSR count). The van der Waals surface area contributed by atoms with Gasteiger partial charge in [0.05, 0.1) is 16.8 Å². The lowest BCUT2D eigenvalue weighted by Gasteiger charge is -2.21. The van der Waals surface area contributed by atoms with E-state index in [4.69, 9.17) is 4.74 Å². The SMILES string of the molecule is CCOc1ccc2nc(NC(=O)CN3C(=O)NC(C)(c4ccccc4)C3=O)sc2c1. The Morgan fingerprint density at radius 3 is 2.73 bits per heavy atom. The zero-order valence-electron chi connectivity index (χ0n) is 16.5. The average molecular weight is 424 g/mol. The summed E-state index contributed by atoms with van der Waals surface area (Å²) in [4.78, 5) is 43.1. The molecule has 1 unspecified atom stereocenters. The minimum Gasteiger partial charge on any atom is -0.494 e. The van der Waals surface area contributed by atoms with Gasteiger partial charge in [0.2, 0.25) is 5.91 Å². The number of aromatic nitrogens is 1. The van der Waals surface area contributed by atoms with Crippen molar-refractivity contribution < 1.29 is 19.1 Å². The second-order valence-corrected chi connectivity index (χ2v) is 7.97. The number of amides is 4. The summed E-state index contributed by atoms with van der Waals surface area (Å²) < 4.78 is 6.34. The van der Waals surface area contributed by atoms with Crippen molar-refractivity contribution >= 4 is 44.5 Å². The van der Waals surface area contributed by atoms with Crippen molar-refractivity contribution in [1.29, 1.82) is 0 Å². The zero-order chi connectivity index (χ0) is 21.3. The molecule has 0 aliphatic carbocycles. The zero-order valence-corrected chi connectivity index (χ0v) is 17.3. The molecule has 3 aromatic rings. The quantitative estimate of drug-likeness (QED) is 0.592. The molecular weight excluding hydrogens is 404 g/mol. The van der Waals surface area contributed by atoms with E-state index < -0.39 is 29.9 Å². The first-order chi connectivity index (χ1) is 14.4. The van der Waals surface area contributed by atoms with Crippen LogP contribution in [0.1, 0.15) is 19.4 Å². The van der Waals surface area contributed by atoms with Gasteiger partial charge in [0.1, 0.15) is 17.8 Å². The number of hydrogen-bond donors (Lipinski definition) is 2. The van der Waals surface area contributed by atoms with Gasteiger partial charge in [-0.15, -0.1) is 0 Å². The van der Waals surface area contributed by atoms with Crippen molar-refractivity contribution in [1.82, 2.24) is 15.2 Å². The van der Waals surface area contributed by atoms with E-state index in [1.807, 2.05) is 31.2 Å². The van der Waals surface area contributed by atoms with Crippen LogP contribution in [0.4, 0.5) is 9.93 Å². The fraction of sp³-hybridized carbons (Fsp3) is 0.238. The van der Waals surface area contributed by atoms with Crippen LogP contribution in [0.5, 0.6) is 5.75 Å². The maximum Gasteiger partial charge on any atom is 0.325 e. The molecule has 8 nitrogen and oxygen atoms in total. The normalized spacial score (nSPS) is 18.5. The summed E-state index contributed by atoms with van der Waals surface area (Å²) in [6.45, 7) is 3.69. The number of carbonyl (C=O) groups is 3. The summed E-state index contributed by atoms with van der Waals surface area (Å²) in [5.74, 6) is -0.245. The summed E-state index contributed by atoms with van der Waals surface area (Å²) in [6.07, 6.45) is 0. The first-order valence-corrected chi connectivity index (χ1v) is 10.2. The highest BCUT2D eigenvalue weighted by Crippen LogP contribution is 2.30. The number of fused-ring (bicyclic) bond motifs is 1. The second-order valence-electron chi connectivity index (χ2n) is 6.94. The van der Waals surface area contributed by atoms with Gasteiger partial charge >= 0.3 is 6.03 Å². The molecule has 2 aromatic carbocycles. The maximum atomic E-state index is 12.9. The number of ether oxygens (including phenoxy) is 1. The lowest BCUT2D eigenvalue weighted by molar-refractivity contribution is -0.133. The van der Waals surface area contributed by atoms with E-state index in [0.717, 1.165) is 20.9 Å². The van der Waals surface area contributed by atoms with Crippen LogP contribution < -0.4 is 15.4 Å². The Morgan fingerprint density at radius 2 is 2.00 bits per heavy atom. The molecule has 154 valence electrons. The number of anilines is 1. The maximum absolute atomic E-state index is 12.9. The van der Waals surface area contributed by atoms with Crippen LogP contribution in [0.3, 0.4) is 0 Å². The molecule has 1 atom stereocenters. The van der Waals surface area contributed by atoms with Gasteiger partial charge in [-0.1, -0.05) is 41.7 Å². The van der Waals surface area contributed by atoms with Crippen molar-refractivity contribution in [3.8, 4) is 5.75 Å². The van der Waals surface area contributed by atoms with Gasteiger partial charge in [-0.25, -0.2) is 9.78 Å². The van der Waals surface area contributed by atoms with Crippen LogP contribution in [0, 0.1) is 0 Å². The molecule has 1 saturated heterocycles. The van der Waals surface area contributed by atoms with Crippen LogP contribution in [0.25, 0.3) is 10.2 Å². The third kappa shape index (κ3) is 3.59. The van der Waals surface area contributed by atoms with E-state index in [0.29, 0.717) is 17.3 Å². The Hall–Kier alpha value is -3.46. The van der Waals surface area contributed by atoms with Crippen molar-refractivity contribution in [2.45, 2.75) is 19.4 Å². The molecule has 1 aliphatic rings. The highest BCUT2D eigenvalue weighted by Gasteiger charge is 2.49. The average Bonchev–Trinajstić information content (AvgIpc) is 3.22. The van der Waals surface area contributed by atoms with Gasteiger partial charge in [0.15, 0.2) is 5.13 Å². The highest BCUT2D eigenvalue weighted by atomic mass is 32.1. The minimum absolute atomic E-state index is 0.390. The van der Waals surface area contributed by atoms with E-state index >= 15 is 0 Å². The number of nitrogens with zero attached hydrogens (tertiary/aromatic N) is 2. The lowest BCUT2D eigenvalue weighted by atomic mass is 9.92. The van der Waals surface area contributed by atoms with Gasteiger partial charge in [-0.2, -0.15) is 0 Å². The highest BCUT2D eigenvalue weighted by molar-refractivity contribution is 7.22. The number of thiazole rings is 1. The third-order valence-electron chi connectivity index (χ3n) is 4.85. The van der Waals surface area contributed by atoms with Gasteiger partial charge in [0.25, 0.3) is 5.91 Å². The van der Waals surface area contributed by atoms with E-state index in [1.54, 1.807) is 31.2 Å². The summed E-state index contributed by atoms with van der Waals surface area (Å²) in [5, 5.41) is 5.75. The minimum atomic E-state index is -1.20. The van der Waals surface area contributed by atoms with Gasteiger partial charge < -0.3 is 15.4 Å². The molecule has 4 amide bonds. The van der Waals surface area contributed by atoms with E-state index in [1.165, 1.54) is 11.3 Å². The second kappa shape index (κ2) is 7.75. The Bertz CT molecular complexity index is 1130. The molecule has 0 radical (unpaired) electrons. The first kappa shape index (κ1) is 19.8. The van der Waals surface area contributed by atoms with Crippen LogP contribution in [0.15, 0.2) is 48.5 Å². The van der Waals surface area contributed by atoms with Crippen LogP contribution >= 0.6 is 11.3 Å². The van der Waals surface area contributed by atoms with E-state index in [9.17, 15) is 14.4 Å². The molecule has 0 saturated carbocycles. The molecule has 0 spiro atoms.